The SMILES string of the molecule is Cc1ccc(S(=O)(=O)[C@@H](CNC(=O)C(=O)NC(C)C)c2cccs2)cc1C. The van der Waals surface area contributed by atoms with Crippen LogP contribution in [0.15, 0.2) is 40.6 Å². The van der Waals surface area contributed by atoms with Gasteiger partial charge in [0.05, 0.1) is 4.90 Å². The number of benzene rings is 1. The molecule has 0 saturated carbocycles. The number of hydrogen-bond donors (Lipinski definition) is 2. The van der Waals surface area contributed by atoms with E-state index < -0.39 is 26.9 Å². The molecular formula is C19H24N2O4S2. The summed E-state index contributed by atoms with van der Waals surface area (Å²) in [7, 11) is -3.74. The molecule has 0 saturated heterocycles. The van der Waals surface area contributed by atoms with Crippen molar-refractivity contribution in [3.05, 3.63) is 51.7 Å². The normalized spacial score (nSPS) is 12.6. The van der Waals surface area contributed by atoms with Crippen LogP contribution in [-0.4, -0.2) is 32.8 Å². The molecule has 146 valence electrons. The quantitative estimate of drug-likeness (QED) is 0.719. The van der Waals surface area contributed by atoms with Gasteiger partial charge < -0.3 is 10.6 Å². The Labute approximate surface area is 163 Å². The van der Waals surface area contributed by atoms with Crippen molar-refractivity contribution in [3.8, 4) is 0 Å². The van der Waals surface area contributed by atoms with Crippen LogP contribution in [0.25, 0.3) is 0 Å². The molecule has 27 heavy (non-hydrogen) atoms. The van der Waals surface area contributed by atoms with E-state index in [1.807, 2.05) is 13.8 Å². The minimum absolute atomic E-state index is 0.180. The summed E-state index contributed by atoms with van der Waals surface area (Å²) in [6, 6.07) is 8.27. The van der Waals surface area contributed by atoms with Gasteiger partial charge in [-0.05, 0) is 62.4 Å². The van der Waals surface area contributed by atoms with Gasteiger partial charge in [0.25, 0.3) is 0 Å². The highest BCUT2D eigenvalue weighted by Gasteiger charge is 2.31. The Morgan fingerprint density at radius 3 is 2.33 bits per heavy atom. The van der Waals surface area contributed by atoms with E-state index in [0.29, 0.717) is 4.88 Å². The minimum atomic E-state index is -3.74. The maximum Gasteiger partial charge on any atom is 0.309 e. The lowest BCUT2D eigenvalue weighted by molar-refractivity contribution is -0.139. The topological polar surface area (TPSA) is 92.3 Å². The van der Waals surface area contributed by atoms with Gasteiger partial charge >= 0.3 is 11.8 Å². The molecule has 1 atom stereocenters. The molecular weight excluding hydrogens is 384 g/mol. The number of aryl methyl sites for hydroxylation is 2. The van der Waals surface area contributed by atoms with Gasteiger partial charge in [-0.1, -0.05) is 12.1 Å². The molecule has 2 rings (SSSR count). The zero-order valence-corrected chi connectivity index (χ0v) is 17.4. The lowest BCUT2D eigenvalue weighted by Crippen LogP contribution is -2.44. The molecule has 0 aliphatic carbocycles. The number of amides is 2. The Hall–Kier alpha value is -2.19. The van der Waals surface area contributed by atoms with Crippen LogP contribution in [0.4, 0.5) is 0 Å². The lowest BCUT2D eigenvalue weighted by Gasteiger charge is -2.18. The van der Waals surface area contributed by atoms with Gasteiger partial charge in [0.1, 0.15) is 5.25 Å². The van der Waals surface area contributed by atoms with Gasteiger partial charge in [-0.15, -0.1) is 11.3 Å². The number of hydrogen-bond acceptors (Lipinski definition) is 5. The minimum Gasteiger partial charge on any atom is -0.346 e. The van der Waals surface area contributed by atoms with E-state index in [1.54, 1.807) is 49.6 Å². The smallest absolute Gasteiger partial charge is 0.309 e. The second-order valence-electron chi connectivity index (χ2n) is 6.63. The number of carbonyl (C=O) groups is 2. The molecule has 0 unspecified atom stereocenters. The molecule has 1 aromatic carbocycles. The first-order valence-electron chi connectivity index (χ1n) is 8.56. The number of sulfone groups is 1. The zero-order valence-electron chi connectivity index (χ0n) is 15.8. The van der Waals surface area contributed by atoms with Crippen molar-refractivity contribution < 1.29 is 18.0 Å². The molecule has 0 aliphatic heterocycles. The van der Waals surface area contributed by atoms with Crippen LogP contribution in [0.5, 0.6) is 0 Å². The molecule has 1 aromatic heterocycles. The summed E-state index contributed by atoms with van der Waals surface area (Å²) >= 11 is 1.30. The summed E-state index contributed by atoms with van der Waals surface area (Å²) < 4.78 is 26.4. The van der Waals surface area contributed by atoms with E-state index in [2.05, 4.69) is 10.6 Å². The summed E-state index contributed by atoms with van der Waals surface area (Å²) in [5, 5.41) is 5.76. The third kappa shape index (κ3) is 5.17. The van der Waals surface area contributed by atoms with E-state index in [1.165, 1.54) is 11.3 Å². The van der Waals surface area contributed by atoms with Crippen LogP contribution >= 0.6 is 11.3 Å². The fraction of sp³-hybridized carbons (Fsp3) is 0.368. The Morgan fingerprint density at radius 2 is 1.78 bits per heavy atom. The highest BCUT2D eigenvalue weighted by Crippen LogP contribution is 2.32. The fourth-order valence-corrected chi connectivity index (χ4v) is 5.35. The third-order valence-corrected chi connectivity index (χ3v) is 7.33. The maximum absolute atomic E-state index is 13.2. The number of thiophene rings is 1. The molecule has 0 fully saturated rings. The summed E-state index contributed by atoms with van der Waals surface area (Å²) in [5.74, 6) is -1.63. The van der Waals surface area contributed by atoms with Crippen molar-refractivity contribution in [1.29, 1.82) is 0 Å². The lowest BCUT2D eigenvalue weighted by atomic mass is 10.1. The molecule has 1 heterocycles. The van der Waals surface area contributed by atoms with Crippen molar-refractivity contribution >= 4 is 33.0 Å². The molecule has 0 spiro atoms. The Bertz CT molecular complexity index is 919. The zero-order chi connectivity index (χ0) is 20.2. The van der Waals surface area contributed by atoms with E-state index in [-0.39, 0.29) is 17.5 Å². The van der Waals surface area contributed by atoms with Crippen LogP contribution in [0.1, 0.15) is 35.1 Å². The van der Waals surface area contributed by atoms with Crippen LogP contribution < -0.4 is 10.6 Å². The predicted octanol–water partition coefficient (Wildman–Crippen LogP) is 2.52. The Morgan fingerprint density at radius 1 is 1.07 bits per heavy atom. The third-order valence-electron chi connectivity index (χ3n) is 4.12. The van der Waals surface area contributed by atoms with Crippen molar-refractivity contribution in [1.82, 2.24) is 10.6 Å². The highest BCUT2D eigenvalue weighted by atomic mass is 32.2. The number of carbonyl (C=O) groups excluding carboxylic acids is 2. The largest absolute Gasteiger partial charge is 0.346 e. The molecule has 2 N–H and O–H groups in total. The molecule has 2 amide bonds. The summed E-state index contributed by atoms with van der Waals surface area (Å²) in [6.45, 7) is 7.07. The van der Waals surface area contributed by atoms with E-state index in [0.717, 1.165) is 11.1 Å². The van der Waals surface area contributed by atoms with Gasteiger partial charge in [-0.3, -0.25) is 9.59 Å². The van der Waals surface area contributed by atoms with Gasteiger partial charge in [0.15, 0.2) is 9.84 Å². The summed E-state index contributed by atoms with van der Waals surface area (Å²) in [4.78, 5) is 24.6. The number of nitrogens with one attached hydrogen (secondary N) is 2. The fourth-order valence-electron chi connectivity index (χ4n) is 2.49. The van der Waals surface area contributed by atoms with E-state index in [9.17, 15) is 18.0 Å². The molecule has 2 aromatic rings. The molecule has 8 heteroatoms. The first kappa shape index (κ1) is 21.1. The van der Waals surface area contributed by atoms with Gasteiger partial charge in [0.2, 0.25) is 0 Å². The molecule has 0 aliphatic rings. The van der Waals surface area contributed by atoms with Crippen molar-refractivity contribution in [3.63, 3.8) is 0 Å². The van der Waals surface area contributed by atoms with Crippen LogP contribution in [0.2, 0.25) is 0 Å². The molecule has 0 radical (unpaired) electrons. The van der Waals surface area contributed by atoms with Crippen molar-refractivity contribution in [2.24, 2.45) is 0 Å². The molecule has 0 bridgehead atoms. The average Bonchev–Trinajstić information content (AvgIpc) is 3.10. The van der Waals surface area contributed by atoms with Crippen LogP contribution in [0.3, 0.4) is 0 Å². The molecule has 6 nitrogen and oxygen atoms in total. The first-order valence-corrected chi connectivity index (χ1v) is 11.0. The standard InChI is InChI=1S/C19H24N2O4S2/c1-12(2)21-19(23)18(22)20-11-17(16-6-5-9-26-16)27(24,25)15-8-7-13(3)14(4)10-15/h5-10,12,17H,11H2,1-4H3,(H,20,22)(H,21,23)/t17-/m0/s1. The Kier molecular flexibility index (Phi) is 6.78. The second-order valence-corrected chi connectivity index (χ2v) is 9.74. The van der Waals surface area contributed by atoms with Gasteiger partial charge in [0, 0.05) is 17.5 Å². The van der Waals surface area contributed by atoms with Crippen molar-refractivity contribution in [2.45, 2.75) is 43.9 Å². The second kappa shape index (κ2) is 8.67. The van der Waals surface area contributed by atoms with Crippen LogP contribution in [0, 0.1) is 13.8 Å². The van der Waals surface area contributed by atoms with E-state index in [4.69, 9.17) is 0 Å². The first-order chi connectivity index (χ1) is 12.6. The highest BCUT2D eigenvalue weighted by molar-refractivity contribution is 7.91. The van der Waals surface area contributed by atoms with Crippen LogP contribution in [-0.2, 0) is 19.4 Å². The maximum atomic E-state index is 13.2. The monoisotopic (exact) mass is 408 g/mol. The summed E-state index contributed by atoms with van der Waals surface area (Å²) in [6.07, 6.45) is 0. The number of rotatable bonds is 6. The Balaban J connectivity index is 2.28. The van der Waals surface area contributed by atoms with Crippen molar-refractivity contribution in [2.75, 3.05) is 6.54 Å². The average molecular weight is 409 g/mol. The predicted molar refractivity (Wildman–Crippen MR) is 106 cm³/mol. The summed E-state index contributed by atoms with van der Waals surface area (Å²) in [5.41, 5.74) is 1.88. The van der Waals surface area contributed by atoms with Gasteiger partial charge in [-0.2, -0.15) is 0 Å². The van der Waals surface area contributed by atoms with Gasteiger partial charge in [-0.25, -0.2) is 8.42 Å². The van der Waals surface area contributed by atoms with E-state index >= 15 is 0 Å².